The minimum Gasteiger partial charge on any atom is -0.495 e. The second-order valence-corrected chi connectivity index (χ2v) is 5.88. The molecule has 1 aromatic rings. The maximum Gasteiger partial charge on any atom is 0.243 e. The van der Waals surface area contributed by atoms with Gasteiger partial charge in [0.15, 0.2) is 0 Å². The minimum atomic E-state index is -0.0689. The summed E-state index contributed by atoms with van der Waals surface area (Å²) in [4.78, 5) is 14.3. The first-order valence-electron chi connectivity index (χ1n) is 8.31. The zero-order valence-corrected chi connectivity index (χ0v) is 13.9. The van der Waals surface area contributed by atoms with Crippen LogP contribution in [-0.4, -0.2) is 44.1 Å². The molecule has 1 saturated heterocycles. The van der Waals surface area contributed by atoms with E-state index in [1.807, 2.05) is 6.07 Å². The predicted octanol–water partition coefficient (Wildman–Crippen LogP) is 2.28. The Balaban J connectivity index is 1.64. The second-order valence-electron chi connectivity index (χ2n) is 5.88. The monoisotopic (exact) mass is 317 g/mol. The van der Waals surface area contributed by atoms with Crippen molar-refractivity contribution in [3.63, 3.8) is 0 Å². The third-order valence-electron chi connectivity index (χ3n) is 4.08. The molecule has 0 aliphatic carbocycles. The molecule has 0 saturated carbocycles. The Morgan fingerprint density at radius 2 is 2.13 bits per heavy atom. The number of carbonyl (C=O) groups excluding carboxylic acids is 1. The highest BCUT2D eigenvalue weighted by molar-refractivity contribution is 5.91. The van der Waals surface area contributed by atoms with Gasteiger partial charge >= 0.3 is 0 Å². The maximum atomic E-state index is 11.8. The van der Waals surface area contributed by atoms with Crippen LogP contribution in [0.2, 0.25) is 0 Å². The van der Waals surface area contributed by atoms with Gasteiger partial charge in [-0.1, -0.05) is 6.07 Å². The molecule has 2 rings (SSSR count). The van der Waals surface area contributed by atoms with Crippen LogP contribution in [0.5, 0.6) is 5.75 Å². The highest BCUT2D eigenvalue weighted by Crippen LogP contribution is 2.22. The molecular formula is C18H27N3O2. The van der Waals surface area contributed by atoms with E-state index in [0.29, 0.717) is 11.4 Å². The molecule has 1 aliphatic rings. The predicted molar refractivity (Wildman–Crippen MR) is 94.4 cm³/mol. The number of benzene rings is 1. The van der Waals surface area contributed by atoms with E-state index < -0.39 is 0 Å². The second kappa shape index (κ2) is 9.20. The Morgan fingerprint density at radius 1 is 1.35 bits per heavy atom. The number of ether oxygens (including phenoxy) is 1. The molecule has 0 radical (unpaired) electrons. The van der Waals surface area contributed by atoms with Crippen LogP contribution >= 0.6 is 0 Å². The number of nitrogen functional groups attached to an aromatic ring is 1. The summed E-state index contributed by atoms with van der Waals surface area (Å²) < 4.78 is 5.11. The number of hydrogen-bond donors (Lipinski definition) is 2. The Morgan fingerprint density at radius 3 is 2.83 bits per heavy atom. The van der Waals surface area contributed by atoms with Crippen LogP contribution in [0.25, 0.3) is 6.08 Å². The van der Waals surface area contributed by atoms with E-state index in [0.717, 1.165) is 31.5 Å². The fourth-order valence-corrected chi connectivity index (χ4v) is 2.77. The van der Waals surface area contributed by atoms with Gasteiger partial charge in [-0.2, -0.15) is 0 Å². The molecule has 0 spiro atoms. The smallest absolute Gasteiger partial charge is 0.243 e. The molecular weight excluding hydrogens is 290 g/mol. The van der Waals surface area contributed by atoms with Gasteiger partial charge in [0.1, 0.15) is 5.75 Å². The molecule has 3 N–H and O–H groups in total. The van der Waals surface area contributed by atoms with Crippen LogP contribution in [0, 0.1) is 0 Å². The van der Waals surface area contributed by atoms with Crippen LogP contribution < -0.4 is 15.8 Å². The lowest BCUT2D eigenvalue weighted by molar-refractivity contribution is -0.116. The standard InChI is InChI=1S/C18H27N3O2/c1-23-17-8-6-15(14-16(17)19)7-9-18(22)20-10-2-3-11-21-12-4-5-13-21/h6-9,14H,2-5,10-13,19H2,1H3,(H,20,22)/b9-7-. The molecule has 1 aliphatic heterocycles. The number of methoxy groups -OCH3 is 1. The van der Waals surface area contributed by atoms with Gasteiger partial charge in [0.2, 0.25) is 5.91 Å². The Kier molecular flexibility index (Phi) is 6.94. The fraction of sp³-hybridized carbons (Fsp3) is 0.500. The van der Waals surface area contributed by atoms with Gasteiger partial charge in [0.25, 0.3) is 0 Å². The van der Waals surface area contributed by atoms with Crippen LogP contribution in [0.15, 0.2) is 24.3 Å². The van der Waals surface area contributed by atoms with Crippen LogP contribution in [0.1, 0.15) is 31.2 Å². The number of anilines is 1. The number of nitrogens with two attached hydrogens (primary N) is 1. The van der Waals surface area contributed by atoms with Crippen molar-refractivity contribution in [2.45, 2.75) is 25.7 Å². The molecule has 0 bridgehead atoms. The number of hydrogen-bond acceptors (Lipinski definition) is 4. The zero-order valence-electron chi connectivity index (χ0n) is 13.9. The van der Waals surface area contributed by atoms with Crippen LogP contribution in [-0.2, 0) is 4.79 Å². The van der Waals surface area contributed by atoms with Gasteiger partial charge in [-0.25, -0.2) is 0 Å². The molecule has 1 heterocycles. The Bertz CT molecular complexity index is 537. The van der Waals surface area contributed by atoms with Gasteiger partial charge in [0, 0.05) is 12.6 Å². The SMILES string of the molecule is COc1ccc(/C=C\C(=O)NCCCCN2CCCC2)cc1N. The molecule has 0 atom stereocenters. The lowest BCUT2D eigenvalue weighted by Crippen LogP contribution is -2.24. The molecule has 0 aromatic heterocycles. The minimum absolute atomic E-state index is 0.0689. The average molecular weight is 317 g/mol. The molecule has 1 aromatic carbocycles. The van der Waals surface area contributed by atoms with Crippen LogP contribution in [0.4, 0.5) is 5.69 Å². The lowest BCUT2D eigenvalue weighted by Gasteiger charge is -2.13. The van der Waals surface area contributed by atoms with Crippen LogP contribution in [0.3, 0.4) is 0 Å². The third-order valence-corrected chi connectivity index (χ3v) is 4.08. The van der Waals surface area contributed by atoms with Crippen molar-refractivity contribution in [3.05, 3.63) is 29.8 Å². The summed E-state index contributed by atoms with van der Waals surface area (Å²) in [5, 5.41) is 2.92. The van der Waals surface area contributed by atoms with E-state index in [4.69, 9.17) is 10.5 Å². The van der Waals surface area contributed by atoms with Crippen molar-refractivity contribution in [3.8, 4) is 5.75 Å². The summed E-state index contributed by atoms with van der Waals surface area (Å²) in [6.07, 6.45) is 8.12. The summed E-state index contributed by atoms with van der Waals surface area (Å²) in [6.45, 7) is 4.35. The van der Waals surface area contributed by atoms with Crippen molar-refractivity contribution in [2.24, 2.45) is 0 Å². The number of carbonyl (C=O) groups is 1. The fourth-order valence-electron chi connectivity index (χ4n) is 2.77. The van der Waals surface area contributed by atoms with E-state index in [-0.39, 0.29) is 5.91 Å². The largest absolute Gasteiger partial charge is 0.495 e. The first kappa shape index (κ1) is 17.3. The van der Waals surface area contributed by atoms with Crippen molar-refractivity contribution < 1.29 is 9.53 Å². The molecule has 1 amide bonds. The summed E-state index contributed by atoms with van der Waals surface area (Å²) in [6, 6.07) is 5.46. The quantitative estimate of drug-likeness (QED) is 0.438. The van der Waals surface area contributed by atoms with E-state index in [2.05, 4.69) is 10.2 Å². The van der Waals surface area contributed by atoms with Gasteiger partial charge < -0.3 is 20.7 Å². The van der Waals surface area contributed by atoms with Gasteiger partial charge in [-0.05, 0) is 69.1 Å². The number of nitrogens with one attached hydrogen (secondary N) is 1. The number of nitrogens with zero attached hydrogens (tertiary/aromatic N) is 1. The number of amides is 1. The van der Waals surface area contributed by atoms with E-state index >= 15 is 0 Å². The number of rotatable bonds is 8. The molecule has 126 valence electrons. The van der Waals surface area contributed by atoms with Crippen molar-refractivity contribution in [1.82, 2.24) is 10.2 Å². The van der Waals surface area contributed by atoms with Gasteiger partial charge in [-0.15, -0.1) is 0 Å². The molecule has 5 nitrogen and oxygen atoms in total. The zero-order chi connectivity index (χ0) is 16.5. The summed E-state index contributed by atoms with van der Waals surface area (Å²) in [7, 11) is 1.58. The number of unbranched alkanes of at least 4 members (excludes halogenated alkanes) is 1. The third kappa shape index (κ3) is 5.94. The van der Waals surface area contributed by atoms with Crippen molar-refractivity contribution >= 4 is 17.7 Å². The van der Waals surface area contributed by atoms with Gasteiger partial charge in [-0.3, -0.25) is 4.79 Å². The van der Waals surface area contributed by atoms with E-state index in [1.54, 1.807) is 31.4 Å². The van der Waals surface area contributed by atoms with Crippen molar-refractivity contribution in [1.29, 1.82) is 0 Å². The first-order valence-corrected chi connectivity index (χ1v) is 8.31. The Hall–Kier alpha value is -2.01. The average Bonchev–Trinajstić information content (AvgIpc) is 3.06. The van der Waals surface area contributed by atoms with Crippen molar-refractivity contribution in [2.75, 3.05) is 39.0 Å². The molecule has 0 unspecified atom stereocenters. The highest BCUT2D eigenvalue weighted by Gasteiger charge is 2.09. The Labute approximate surface area is 138 Å². The summed E-state index contributed by atoms with van der Waals surface area (Å²) >= 11 is 0. The maximum absolute atomic E-state index is 11.8. The topological polar surface area (TPSA) is 67.6 Å². The first-order chi connectivity index (χ1) is 11.2. The van der Waals surface area contributed by atoms with Gasteiger partial charge in [0.05, 0.1) is 12.8 Å². The molecule has 5 heteroatoms. The highest BCUT2D eigenvalue weighted by atomic mass is 16.5. The number of likely N-dealkylation sites (tertiary alicyclic amines) is 1. The summed E-state index contributed by atoms with van der Waals surface area (Å²) in [5.41, 5.74) is 7.29. The van der Waals surface area contributed by atoms with E-state index in [9.17, 15) is 4.79 Å². The molecule has 1 fully saturated rings. The summed E-state index contributed by atoms with van der Waals surface area (Å²) in [5.74, 6) is 0.574. The molecule has 23 heavy (non-hydrogen) atoms. The normalized spacial score (nSPS) is 15.2. The van der Waals surface area contributed by atoms with E-state index in [1.165, 1.54) is 25.9 Å². The lowest BCUT2D eigenvalue weighted by atomic mass is 10.1.